The van der Waals surface area contributed by atoms with Crippen molar-refractivity contribution in [1.29, 1.82) is 0 Å². The van der Waals surface area contributed by atoms with Gasteiger partial charge in [-0.2, -0.15) is 5.06 Å². The van der Waals surface area contributed by atoms with Gasteiger partial charge in [-0.15, -0.1) is 0 Å². The lowest BCUT2D eigenvalue weighted by Crippen LogP contribution is -2.62. The van der Waals surface area contributed by atoms with Crippen LogP contribution in [0.25, 0.3) is 0 Å². The quantitative estimate of drug-likeness (QED) is 0.387. The van der Waals surface area contributed by atoms with Crippen molar-refractivity contribution in [2.75, 3.05) is 13.2 Å². The summed E-state index contributed by atoms with van der Waals surface area (Å²) in [7, 11) is 0. The zero-order valence-corrected chi connectivity index (χ0v) is 23.2. The van der Waals surface area contributed by atoms with Crippen LogP contribution in [-0.4, -0.2) is 63.7 Å². The molecule has 1 aliphatic heterocycles. The third-order valence-electron chi connectivity index (χ3n) is 7.58. The summed E-state index contributed by atoms with van der Waals surface area (Å²) in [6.45, 7) is 8.96. The first-order valence-corrected chi connectivity index (χ1v) is 13.9. The normalized spacial score (nSPS) is 21.2. The Kier molecular flexibility index (Phi) is 9.14. The van der Waals surface area contributed by atoms with E-state index in [4.69, 9.17) is 14.3 Å². The largest absolute Gasteiger partial charge is 0.507 e. The van der Waals surface area contributed by atoms with E-state index in [2.05, 4.69) is 32.8 Å². The highest BCUT2D eigenvalue weighted by atomic mass is 16.7. The predicted molar refractivity (Wildman–Crippen MR) is 146 cm³/mol. The smallest absolute Gasteiger partial charge is 0.196 e. The number of rotatable bonds is 10. The molecule has 1 saturated heterocycles. The van der Waals surface area contributed by atoms with Crippen molar-refractivity contribution in [3.63, 3.8) is 0 Å². The molecule has 0 spiro atoms. The molecule has 7 nitrogen and oxygen atoms in total. The van der Waals surface area contributed by atoms with E-state index in [0.29, 0.717) is 17.4 Å². The third-order valence-corrected chi connectivity index (χ3v) is 7.58. The number of aromatic hydroxyl groups is 1. The van der Waals surface area contributed by atoms with E-state index in [1.165, 1.54) is 31.4 Å². The molecule has 1 unspecified atom stereocenters. The van der Waals surface area contributed by atoms with E-state index in [-0.39, 0.29) is 47.5 Å². The summed E-state index contributed by atoms with van der Waals surface area (Å²) in [6.07, 6.45) is 7.10. The maximum atomic E-state index is 12.6. The number of hydrogen-bond donors (Lipinski definition) is 2. The predicted octanol–water partition coefficient (Wildman–Crippen LogP) is 5.67. The molecule has 7 heteroatoms. The van der Waals surface area contributed by atoms with E-state index in [0.717, 1.165) is 25.7 Å². The van der Waals surface area contributed by atoms with Gasteiger partial charge in [-0.3, -0.25) is 9.63 Å². The van der Waals surface area contributed by atoms with Crippen LogP contribution in [0.5, 0.6) is 11.5 Å². The Morgan fingerprint density at radius 2 is 1.61 bits per heavy atom. The van der Waals surface area contributed by atoms with Gasteiger partial charge in [0.2, 0.25) is 0 Å². The molecule has 0 bridgehead atoms. The van der Waals surface area contributed by atoms with Crippen molar-refractivity contribution < 1.29 is 29.3 Å². The number of carbonyl (C=O) groups is 1. The molecule has 2 aromatic carbocycles. The summed E-state index contributed by atoms with van der Waals surface area (Å²) in [4.78, 5) is 19.2. The van der Waals surface area contributed by atoms with Gasteiger partial charge >= 0.3 is 0 Å². The molecule has 1 heterocycles. The monoisotopic (exact) mass is 525 g/mol. The van der Waals surface area contributed by atoms with Crippen LogP contribution in [-0.2, 0) is 9.57 Å². The fourth-order valence-corrected chi connectivity index (χ4v) is 5.92. The minimum Gasteiger partial charge on any atom is -0.507 e. The molecular weight excluding hydrogens is 482 g/mol. The second kappa shape index (κ2) is 12.2. The van der Waals surface area contributed by atoms with E-state index in [9.17, 15) is 15.0 Å². The number of ketones is 1. The Morgan fingerprint density at radius 1 is 0.947 bits per heavy atom. The molecule has 0 radical (unpaired) electrons. The van der Waals surface area contributed by atoms with Crippen LogP contribution in [0.15, 0.2) is 48.5 Å². The molecule has 2 N–H and O–H groups in total. The summed E-state index contributed by atoms with van der Waals surface area (Å²) in [6, 6.07) is 13.4. The zero-order chi connectivity index (χ0) is 27.3. The number of nitrogens with zero attached hydrogens (tertiary/aromatic N) is 1. The maximum Gasteiger partial charge on any atom is 0.196 e. The number of aliphatic hydroxyl groups is 1. The van der Waals surface area contributed by atoms with Gasteiger partial charge < -0.3 is 19.7 Å². The second-order valence-corrected chi connectivity index (χ2v) is 12.0. The molecule has 208 valence electrons. The molecule has 2 fully saturated rings. The van der Waals surface area contributed by atoms with Gasteiger partial charge in [-0.25, -0.2) is 0 Å². The number of phenolic OH excluding ortho intramolecular Hbond substituents is 1. The van der Waals surface area contributed by atoms with Crippen LogP contribution in [0, 0.1) is 0 Å². The van der Waals surface area contributed by atoms with E-state index >= 15 is 0 Å². The highest BCUT2D eigenvalue weighted by molar-refractivity contribution is 6.10. The Labute approximate surface area is 226 Å². The van der Waals surface area contributed by atoms with Crippen molar-refractivity contribution in [3.05, 3.63) is 59.7 Å². The van der Waals surface area contributed by atoms with Crippen LogP contribution < -0.4 is 4.74 Å². The topological polar surface area (TPSA) is 88.5 Å². The average molecular weight is 526 g/mol. The van der Waals surface area contributed by atoms with Crippen LogP contribution >= 0.6 is 0 Å². The van der Waals surface area contributed by atoms with Gasteiger partial charge in [0, 0.05) is 22.7 Å². The number of carbonyl (C=O) groups excluding carboxylic acids is 1. The molecule has 2 aromatic rings. The lowest BCUT2D eigenvalue weighted by Gasteiger charge is -2.54. The zero-order valence-electron chi connectivity index (χ0n) is 23.2. The van der Waals surface area contributed by atoms with Crippen LogP contribution in [0.2, 0.25) is 0 Å². The number of piperidine rings is 1. The van der Waals surface area contributed by atoms with Gasteiger partial charge in [0.15, 0.2) is 5.78 Å². The summed E-state index contributed by atoms with van der Waals surface area (Å²) in [5.74, 6) is -0.0421. The Bertz CT molecular complexity index is 1050. The van der Waals surface area contributed by atoms with Gasteiger partial charge in [0.05, 0.1) is 24.4 Å². The molecule has 1 aliphatic carbocycles. The van der Waals surface area contributed by atoms with Crippen molar-refractivity contribution in [2.45, 2.75) is 102 Å². The standard InChI is InChI=1S/C31H43NO6/c1-30(2)18-26(19-31(3,4)32(30)38-24-13-9-6-10-14-24)37-21-23(33)20-36-25-15-16-27(28(34)17-25)29(35)22-11-7-5-8-12-22/h5,7-8,11-12,15-17,23-24,26,33-34H,6,9-10,13-14,18-21H2,1-4H3. The minimum atomic E-state index is -0.828. The van der Waals surface area contributed by atoms with Crippen LogP contribution in [0.4, 0.5) is 0 Å². The fourth-order valence-electron chi connectivity index (χ4n) is 5.92. The summed E-state index contributed by atoms with van der Waals surface area (Å²) in [5, 5.41) is 23.1. The molecule has 38 heavy (non-hydrogen) atoms. The third kappa shape index (κ3) is 7.14. The minimum absolute atomic E-state index is 0.00631. The van der Waals surface area contributed by atoms with E-state index in [1.807, 2.05) is 6.07 Å². The van der Waals surface area contributed by atoms with E-state index in [1.54, 1.807) is 30.3 Å². The Hall–Kier alpha value is -2.45. The number of phenols is 1. The SMILES string of the molecule is CC1(C)CC(OCC(O)COc2ccc(C(=O)c3ccccc3)c(O)c2)CC(C)(C)N1OC1CCCCC1. The first-order valence-electron chi connectivity index (χ1n) is 13.9. The number of aliphatic hydroxyl groups excluding tert-OH is 1. The summed E-state index contributed by atoms with van der Waals surface area (Å²) >= 11 is 0. The van der Waals surface area contributed by atoms with Crippen LogP contribution in [0.1, 0.15) is 88.6 Å². The average Bonchev–Trinajstić information content (AvgIpc) is 2.89. The Morgan fingerprint density at radius 3 is 2.24 bits per heavy atom. The van der Waals surface area contributed by atoms with E-state index < -0.39 is 6.10 Å². The Balaban J connectivity index is 1.26. The number of hydrogen-bond acceptors (Lipinski definition) is 7. The molecular formula is C31H43NO6. The summed E-state index contributed by atoms with van der Waals surface area (Å²) < 4.78 is 11.8. The first kappa shape index (κ1) is 28.6. The molecule has 1 atom stereocenters. The number of ether oxygens (including phenoxy) is 2. The first-order chi connectivity index (χ1) is 18.0. The van der Waals surface area contributed by atoms with Gasteiger partial charge in [-0.05, 0) is 65.5 Å². The highest BCUT2D eigenvalue weighted by Crippen LogP contribution is 2.41. The van der Waals surface area contributed by atoms with Gasteiger partial charge in [0.25, 0.3) is 0 Å². The van der Waals surface area contributed by atoms with Crippen LogP contribution in [0.3, 0.4) is 0 Å². The van der Waals surface area contributed by atoms with Crippen molar-refractivity contribution in [1.82, 2.24) is 5.06 Å². The fraction of sp³-hybridized carbons (Fsp3) is 0.581. The number of benzene rings is 2. The molecule has 2 aliphatic rings. The maximum absolute atomic E-state index is 12.6. The number of hydroxylamine groups is 2. The molecule has 0 amide bonds. The van der Waals surface area contributed by atoms with Gasteiger partial charge in [-0.1, -0.05) is 49.6 Å². The highest BCUT2D eigenvalue weighted by Gasteiger charge is 2.48. The lowest BCUT2D eigenvalue weighted by atomic mass is 9.80. The second-order valence-electron chi connectivity index (χ2n) is 12.0. The lowest BCUT2D eigenvalue weighted by molar-refractivity contribution is -0.320. The van der Waals surface area contributed by atoms with Crippen molar-refractivity contribution >= 4 is 5.78 Å². The van der Waals surface area contributed by atoms with Crippen molar-refractivity contribution in [3.8, 4) is 11.5 Å². The summed E-state index contributed by atoms with van der Waals surface area (Å²) in [5.41, 5.74) is 0.321. The molecule has 1 saturated carbocycles. The van der Waals surface area contributed by atoms with Gasteiger partial charge in [0.1, 0.15) is 24.2 Å². The molecule has 0 aromatic heterocycles. The van der Waals surface area contributed by atoms with Crippen molar-refractivity contribution in [2.24, 2.45) is 0 Å². The molecule has 4 rings (SSSR count).